The molecule has 1 amide bonds. The number of hydrogen-bond donors (Lipinski definition) is 0. The number of rotatable bonds is 2. The van der Waals surface area contributed by atoms with Gasteiger partial charge in [-0.2, -0.15) is 0 Å². The van der Waals surface area contributed by atoms with Gasteiger partial charge in [0.15, 0.2) is 0 Å². The van der Waals surface area contributed by atoms with Gasteiger partial charge in [0.25, 0.3) is 0 Å². The van der Waals surface area contributed by atoms with Crippen LogP contribution in [0.3, 0.4) is 0 Å². The summed E-state index contributed by atoms with van der Waals surface area (Å²) in [4.78, 5) is 13.7. The SMILES string of the molecule is CCCC1CCCN1C(=O)OC(C)(C)C. The normalized spacial score (nSPS) is 21.9. The van der Waals surface area contributed by atoms with Crippen LogP contribution in [0.5, 0.6) is 0 Å². The van der Waals surface area contributed by atoms with Gasteiger partial charge in [0.2, 0.25) is 0 Å². The minimum absolute atomic E-state index is 0.140. The van der Waals surface area contributed by atoms with Crippen LogP contribution in [0.4, 0.5) is 4.79 Å². The highest BCUT2D eigenvalue weighted by atomic mass is 16.6. The van der Waals surface area contributed by atoms with Crippen molar-refractivity contribution in [3.05, 3.63) is 0 Å². The molecule has 0 aliphatic carbocycles. The van der Waals surface area contributed by atoms with E-state index in [4.69, 9.17) is 4.74 Å². The van der Waals surface area contributed by atoms with Gasteiger partial charge < -0.3 is 9.64 Å². The molecule has 1 aliphatic rings. The van der Waals surface area contributed by atoms with E-state index in [0.717, 1.165) is 32.2 Å². The first-order valence-electron chi connectivity index (χ1n) is 5.93. The van der Waals surface area contributed by atoms with Crippen molar-refractivity contribution in [1.29, 1.82) is 0 Å². The van der Waals surface area contributed by atoms with E-state index in [-0.39, 0.29) is 11.7 Å². The molecule has 0 aromatic heterocycles. The van der Waals surface area contributed by atoms with Crippen molar-refractivity contribution in [2.45, 2.75) is 65.0 Å². The Labute approximate surface area is 92.8 Å². The monoisotopic (exact) mass is 213 g/mol. The molecular formula is C12H23NO2. The Bertz CT molecular complexity index is 220. The van der Waals surface area contributed by atoms with Crippen LogP contribution in [0.2, 0.25) is 0 Å². The molecule has 3 heteroatoms. The topological polar surface area (TPSA) is 29.5 Å². The van der Waals surface area contributed by atoms with Gasteiger partial charge >= 0.3 is 6.09 Å². The number of nitrogens with zero attached hydrogens (tertiary/aromatic N) is 1. The standard InChI is InChI=1S/C12H23NO2/c1-5-7-10-8-6-9-13(10)11(14)15-12(2,3)4/h10H,5-9H2,1-4H3. The molecule has 0 aromatic rings. The first-order chi connectivity index (χ1) is 6.94. The fraction of sp³-hybridized carbons (Fsp3) is 0.917. The van der Waals surface area contributed by atoms with Crippen LogP contribution in [-0.2, 0) is 4.74 Å². The second-order valence-corrected chi connectivity index (χ2v) is 5.26. The molecule has 1 heterocycles. The van der Waals surface area contributed by atoms with Crippen molar-refractivity contribution >= 4 is 6.09 Å². The van der Waals surface area contributed by atoms with Gasteiger partial charge in [-0.05, 0) is 40.0 Å². The lowest BCUT2D eigenvalue weighted by Gasteiger charge is -2.28. The van der Waals surface area contributed by atoms with E-state index in [1.165, 1.54) is 0 Å². The van der Waals surface area contributed by atoms with Gasteiger partial charge in [-0.25, -0.2) is 4.79 Å². The molecule has 15 heavy (non-hydrogen) atoms. The molecule has 0 N–H and O–H groups in total. The van der Waals surface area contributed by atoms with Crippen molar-refractivity contribution in [2.75, 3.05) is 6.54 Å². The predicted octanol–water partition coefficient (Wildman–Crippen LogP) is 3.19. The number of likely N-dealkylation sites (tertiary alicyclic amines) is 1. The molecule has 0 radical (unpaired) electrons. The molecule has 1 fully saturated rings. The minimum atomic E-state index is -0.379. The van der Waals surface area contributed by atoms with Crippen molar-refractivity contribution in [3.8, 4) is 0 Å². The Morgan fingerprint density at radius 2 is 2.13 bits per heavy atom. The molecule has 0 spiro atoms. The fourth-order valence-corrected chi connectivity index (χ4v) is 2.03. The maximum atomic E-state index is 11.8. The molecule has 1 rings (SSSR count). The van der Waals surface area contributed by atoms with E-state index in [0.29, 0.717) is 6.04 Å². The number of carbonyl (C=O) groups excluding carboxylic acids is 1. The molecule has 1 saturated heterocycles. The minimum Gasteiger partial charge on any atom is -0.444 e. The molecular weight excluding hydrogens is 190 g/mol. The smallest absolute Gasteiger partial charge is 0.410 e. The lowest BCUT2D eigenvalue weighted by Crippen LogP contribution is -2.39. The van der Waals surface area contributed by atoms with Crippen LogP contribution in [0, 0.1) is 0 Å². The summed E-state index contributed by atoms with van der Waals surface area (Å²) >= 11 is 0. The third kappa shape index (κ3) is 3.73. The molecule has 1 aliphatic heterocycles. The van der Waals surface area contributed by atoms with Crippen molar-refractivity contribution in [1.82, 2.24) is 4.90 Å². The zero-order chi connectivity index (χ0) is 11.5. The molecule has 0 bridgehead atoms. The zero-order valence-electron chi connectivity index (χ0n) is 10.4. The zero-order valence-corrected chi connectivity index (χ0v) is 10.4. The molecule has 0 aromatic carbocycles. The molecule has 1 unspecified atom stereocenters. The first-order valence-corrected chi connectivity index (χ1v) is 5.93. The summed E-state index contributed by atoms with van der Waals surface area (Å²) in [6, 6.07) is 0.407. The summed E-state index contributed by atoms with van der Waals surface area (Å²) in [5.74, 6) is 0. The van der Waals surface area contributed by atoms with E-state index in [1.54, 1.807) is 0 Å². The number of ether oxygens (including phenoxy) is 1. The summed E-state index contributed by atoms with van der Waals surface area (Å²) in [6.45, 7) is 8.76. The van der Waals surface area contributed by atoms with Crippen LogP contribution in [0.15, 0.2) is 0 Å². The predicted molar refractivity (Wildman–Crippen MR) is 60.9 cm³/mol. The molecule has 0 saturated carbocycles. The van der Waals surface area contributed by atoms with E-state index in [2.05, 4.69) is 6.92 Å². The summed E-state index contributed by atoms with van der Waals surface area (Å²) in [7, 11) is 0. The van der Waals surface area contributed by atoms with E-state index in [9.17, 15) is 4.79 Å². The number of carbonyl (C=O) groups is 1. The highest BCUT2D eigenvalue weighted by Crippen LogP contribution is 2.23. The second-order valence-electron chi connectivity index (χ2n) is 5.26. The van der Waals surface area contributed by atoms with Crippen LogP contribution < -0.4 is 0 Å². The van der Waals surface area contributed by atoms with E-state index >= 15 is 0 Å². The Morgan fingerprint density at radius 3 is 2.67 bits per heavy atom. The lowest BCUT2D eigenvalue weighted by molar-refractivity contribution is 0.0220. The van der Waals surface area contributed by atoms with Gasteiger partial charge in [0.1, 0.15) is 5.60 Å². The van der Waals surface area contributed by atoms with Crippen LogP contribution in [0.25, 0.3) is 0 Å². The van der Waals surface area contributed by atoms with Gasteiger partial charge in [-0.3, -0.25) is 0 Å². The summed E-state index contributed by atoms with van der Waals surface area (Å²) in [5, 5.41) is 0. The highest BCUT2D eigenvalue weighted by Gasteiger charge is 2.31. The van der Waals surface area contributed by atoms with Crippen molar-refractivity contribution < 1.29 is 9.53 Å². The van der Waals surface area contributed by atoms with Crippen molar-refractivity contribution in [3.63, 3.8) is 0 Å². The largest absolute Gasteiger partial charge is 0.444 e. The first kappa shape index (κ1) is 12.3. The third-order valence-electron chi connectivity index (χ3n) is 2.63. The molecule has 88 valence electrons. The van der Waals surface area contributed by atoms with Gasteiger partial charge in [0.05, 0.1) is 0 Å². The average molecular weight is 213 g/mol. The van der Waals surface area contributed by atoms with E-state index < -0.39 is 0 Å². The third-order valence-corrected chi connectivity index (χ3v) is 2.63. The van der Waals surface area contributed by atoms with Crippen LogP contribution in [0.1, 0.15) is 53.4 Å². The second kappa shape index (κ2) is 4.86. The molecule has 1 atom stereocenters. The molecule has 3 nitrogen and oxygen atoms in total. The Hall–Kier alpha value is -0.730. The Morgan fingerprint density at radius 1 is 1.47 bits per heavy atom. The average Bonchev–Trinajstić information content (AvgIpc) is 2.49. The van der Waals surface area contributed by atoms with Crippen molar-refractivity contribution in [2.24, 2.45) is 0 Å². The highest BCUT2D eigenvalue weighted by molar-refractivity contribution is 5.68. The summed E-state index contributed by atoms with van der Waals surface area (Å²) in [5.41, 5.74) is -0.379. The van der Waals surface area contributed by atoms with Crippen LogP contribution >= 0.6 is 0 Å². The maximum Gasteiger partial charge on any atom is 0.410 e. The van der Waals surface area contributed by atoms with Gasteiger partial charge in [-0.15, -0.1) is 0 Å². The number of hydrogen-bond acceptors (Lipinski definition) is 2. The maximum absolute atomic E-state index is 11.8. The van der Waals surface area contributed by atoms with Gasteiger partial charge in [0, 0.05) is 12.6 Å². The quantitative estimate of drug-likeness (QED) is 0.705. The lowest BCUT2D eigenvalue weighted by atomic mass is 10.1. The Kier molecular flexibility index (Phi) is 4.00. The van der Waals surface area contributed by atoms with E-state index in [1.807, 2.05) is 25.7 Å². The van der Waals surface area contributed by atoms with Gasteiger partial charge in [-0.1, -0.05) is 13.3 Å². The summed E-state index contributed by atoms with van der Waals surface area (Å²) < 4.78 is 5.39. The van der Waals surface area contributed by atoms with Crippen LogP contribution in [-0.4, -0.2) is 29.2 Å². The number of amides is 1. The fourth-order valence-electron chi connectivity index (χ4n) is 2.03. The summed E-state index contributed by atoms with van der Waals surface area (Å²) in [6.07, 6.45) is 4.33. The Balaban J connectivity index is 2.51.